The van der Waals surface area contributed by atoms with Crippen molar-refractivity contribution in [3.05, 3.63) is 71.9 Å². The lowest BCUT2D eigenvalue weighted by Gasteiger charge is -2.21. The van der Waals surface area contributed by atoms with Crippen LogP contribution >= 0.6 is 0 Å². The first-order chi connectivity index (χ1) is 14.6. The zero-order valence-electron chi connectivity index (χ0n) is 16.2. The molecule has 1 aliphatic heterocycles. The number of carbonyl (C=O) groups is 1. The van der Waals surface area contributed by atoms with Crippen LogP contribution in [0.4, 0.5) is 19.0 Å². The van der Waals surface area contributed by atoms with Gasteiger partial charge in [0, 0.05) is 6.20 Å². The molecule has 1 aliphatic rings. The fourth-order valence-electron chi connectivity index (χ4n) is 3.53. The van der Waals surface area contributed by atoms with E-state index in [4.69, 9.17) is 0 Å². The largest absolute Gasteiger partial charge is 0.419 e. The number of aromatic nitrogens is 1. The van der Waals surface area contributed by atoms with Gasteiger partial charge in [0.15, 0.2) is 0 Å². The van der Waals surface area contributed by atoms with Crippen LogP contribution in [0.25, 0.3) is 10.8 Å². The van der Waals surface area contributed by atoms with Gasteiger partial charge in [-0.25, -0.2) is 17.7 Å². The molecule has 162 valence electrons. The molecule has 10 heteroatoms. The van der Waals surface area contributed by atoms with E-state index >= 15 is 0 Å². The van der Waals surface area contributed by atoms with Crippen LogP contribution in [-0.4, -0.2) is 42.6 Å². The number of nitrogens with zero attached hydrogens (tertiary/aromatic N) is 3. The predicted molar refractivity (Wildman–Crippen MR) is 110 cm³/mol. The first-order valence-electron chi connectivity index (χ1n) is 9.43. The zero-order valence-corrected chi connectivity index (χ0v) is 17.0. The molecular weight excluding hydrogens is 431 g/mol. The first-order valence-corrected chi connectivity index (χ1v) is 11.0. The van der Waals surface area contributed by atoms with Gasteiger partial charge in [0.25, 0.3) is 5.91 Å². The smallest absolute Gasteiger partial charge is 0.328 e. The van der Waals surface area contributed by atoms with Crippen molar-refractivity contribution in [1.82, 2.24) is 9.29 Å². The molecule has 31 heavy (non-hydrogen) atoms. The standard InChI is InChI=1S/C21H18F3N3O3S/c22-21(23,24)18-6-3-10-25-20(18)26-13-19(28)27(14-26)31(29,30)11-9-15-7-8-16-4-1-2-5-17(16)12-15/h1-8,10,12H,9,11,13-14H2. The van der Waals surface area contributed by atoms with Crippen molar-refractivity contribution < 1.29 is 26.4 Å². The topological polar surface area (TPSA) is 70.6 Å². The third kappa shape index (κ3) is 4.34. The molecule has 0 atom stereocenters. The van der Waals surface area contributed by atoms with E-state index in [0.29, 0.717) is 4.31 Å². The summed E-state index contributed by atoms with van der Waals surface area (Å²) < 4.78 is 66.0. The van der Waals surface area contributed by atoms with E-state index in [1.807, 2.05) is 42.5 Å². The Morgan fingerprint density at radius 3 is 2.48 bits per heavy atom. The number of alkyl halides is 3. The van der Waals surface area contributed by atoms with Gasteiger partial charge in [0.05, 0.1) is 11.3 Å². The first kappa shape index (κ1) is 21.1. The molecular formula is C21H18F3N3O3S. The molecule has 1 fully saturated rings. The van der Waals surface area contributed by atoms with Gasteiger partial charge in [-0.2, -0.15) is 13.2 Å². The molecule has 0 spiro atoms. The second kappa shape index (κ2) is 7.84. The number of anilines is 1. The van der Waals surface area contributed by atoms with Crippen molar-refractivity contribution in [2.24, 2.45) is 0 Å². The number of amides is 1. The number of pyridine rings is 1. The lowest BCUT2D eigenvalue weighted by molar-refractivity contribution is -0.137. The molecule has 0 radical (unpaired) electrons. The van der Waals surface area contributed by atoms with Gasteiger partial charge in [-0.05, 0) is 34.9 Å². The Kier molecular flexibility index (Phi) is 5.34. The maximum absolute atomic E-state index is 13.3. The molecule has 0 aliphatic carbocycles. The van der Waals surface area contributed by atoms with Crippen molar-refractivity contribution in [2.75, 3.05) is 23.9 Å². The zero-order chi connectivity index (χ0) is 22.2. The summed E-state index contributed by atoms with van der Waals surface area (Å²) >= 11 is 0. The molecule has 6 nitrogen and oxygen atoms in total. The molecule has 0 bridgehead atoms. The maximum Gasteiger partial charge on any atom is 0.419 e. The minimum Gasteiger partial charge on any atom is -0.328 e. The third-order valence-electron chi connectivity index (χ3n) is 5.09. The fourth-order valence-corrected chi connectivity index (χ4v) is 4.93. The second-order valence-corrected chi connectivity index (χ2v) is 9.21. The molecule has 0 unspecified atom stereocenters. The summed E-state index contributed by atoms with van der Waals surface area (Å²) in [5.41, 5.74) is -0.229. The van der Waals surface area contributed by atoms with Gasteiger partial charge in [0.1, 0.15) is 19.0 Å². The summed E-state index contributed by atoms with van der Waals surface area (Å²) in [6.07, 6.45) is -3.32. The number of carbonyl (C=O) groups excluding carboxylic acids is 1. The Labute approximate surface area is 177 Å². The molecule has 2 aromatic carbocycles. The number of fused-ring (bicyclic) bond motifs is 1. The van der Waals surface area contributed by atoms with Crippen LogP contribution in [0.15, 0.2) is 60.8 Å². The summed E-state index contributed by atoms with van der Waals surface area (Å²) in [5.74, 6) is -1.58. The van der Waals surface area contributed by atoms with Crippen LogP contribution < -0.4 is 4.90 Å². The number of aryl methyl sites for hydroxylation is 1. The van der Waals surface area contributed by atoms with E-state index in [0.717, 1.165) is 33.4 Å². The monoisotopic (exact) mass is 449 g/mol. The average molecular weight is 449 g/mol. The van der Waals surface area contributed by atoms with Crippen LogP contribution in [0.5, 0.6) is 0 Å². The summed E-state index contributed by atoms with van der Waals surface area (Å²) in [7, 11) is -4.02. The van der Waals surface area contributed by atoms with Gasteiger partial charge in [-0.15, -0.1) is 0 Å². The van der Waals surface area contributed by atoms with Crippen molar-refractivity contribution in [3.8, 4) is 0 Å². The highest BCUT2D eigenvalue weighted by Crippen LogP contribution is 2.36. The molecule has 4 rings (SSSR count). The van der Waals surface area contributed by atoms with E-state index in [1.165, 1.54) is 6.20 Å². The number of halogens is 3. The number of benzene rings is 2. The van der Waals surface area contributed by atoms with Gasteiger partial charge in [-0.1, -0.05) is 42.5 Å². The Hall–Kier alpha value is -3.14. The van der Waals surface area contributed by atoms with Crippen LogP contribution in [-0.2, 0) is 27.4 Å². The van der Waals surface area contributed by atoms with Gasteiger partial charge >= 0.3 is 6.18 Å². The predicted octanol–water partition coefficient (Wildman–Crippen LogP) is 3.43. The second-order valence-electron chi connectivity index (χ2n) is 7.20. The molecule has 1 saturated heterocycles. The SMILES string of the molecule is O=C1CN(c2ncccc2C(F)(F)F)CN1S(=O)(=O)CCc1ccc2ccccc2c1. The van der Waals surface area contributed by atoms with Gasteiger partial charge in [-0.3, -0.25) is 4.79 Å². The average Bonchev–Trinajstić information content (AvgIpc) is 3.14. The summed E-state index contributed by atoms with van der Waals surface area (Å²) in [4.78, 5) is 17.1. The molecule has 1 aromatic heterocycles. The summed E-state index contributed by atoms with van der Waals surface area (Å²) in [6, 6.07) is 15.2. The Morgan fingerprint density at radius 1 is 1.00 bits per heavy atom. The fraction of sp³-hybridized carbons (Fsp3) is 0.238. The minimum atomic E-state index is -4.67. The minimum absolute atomic E-state index is 0.175. The normalized spacial score (nSPS) is 15.1. The number of hydrogen-bond donors (Lipinski definition) is 0. The highest BCUT2D eigenvalue weighted by molar-refractivity contribution is 7.89. The Morgan fingerprint density at radius 2 is 1.74 bits per heavy atom. The van der Waals surface area contributed by atoms with E-state index in [9.17, 15) is 26.4 Å². The number of sulfonamides is 1. The van der Waals surface area contributed by atoms with E-state index in [-0.39, 0.29) is 12.2 Å². The molecule has 0 N–H and O–H groups in total. The van der Waals surface area contributed by atoms with Gasteiger partial charge < -0.3 is 4.90 Å². The Balaban J connectivity index is 1.51. The van der Waals surface area contributed by atoms with E-state index in [1.54, 1.807) is 0 Å². The lowest BCUT2D eigenvalue weighted by Crippen LogP contribution is -2.36. The van der Waals surface area contributed by atoms with Crippen LogP contribution in [0.3, 0.4) is 0 Å². The number of rotatable bonds is 5. The molecule has 0 saturated carbocycles. The summed E-state index contributed by atoms with van der Waals surface area (Å²) in [5, 5.41) is 1.99. The van der Waals surface area contributed by atoms with Crippen LogP contribution in [0.2, 0.25) is 0 Å². The lowest BCUT2D eigenvalue weighted by atomic mass is 10.1. The molecule has 1 amide bonds. The van der Waals surface area contributed by atoms with Crippen molar-refractivity contribution in [2.45, 2.75) is 12.6 Å². The van der Waals surface area contributed by atoms with E-state index in [2.05, 4.69) is 4.98 Å². The molecule has 2 heterocycles. The van der Waals surface area contributed by atoms with Gasteiger partial charge in [0.2, 0.25) is 10.0 Å². The Bertz CT molecular complexity index is 1250. The van der Waals surface area contributed by atoms with E-state index < -0.39 is 46.7 Å². The highest BCUT2D eigenvalue weighted by Gasteiger charge is 2.41. The highest BCUT2D eigenvalue weighted by atomic mass is 32.2. The van der Waals surface area contributed by atoms with Crippen molar-refractivity contribution >= 4 is 32.5 Å². The van der Waals surface area contributed by atoms with Crippen LogP contribution in [0, 0.1) is 0 Å². The molecule has 3 aromatic rings. The summed E-state index contributed by atoms with van der Waals surface area (Å²) in [6.45, 7) is -0.992. The maximum atomic E-state index is 13.3. The van der Waals surface area contributed by atoms with Crippen LogP contribution in [0.1, 0.15) is 11.1 Å². The van der Waals surface area contributed by atoms with Crippen molar-refractivity contribution in [3.63, 3.8) is 0 Å². The number of hydrogen-bond acceptors (Lipinski definition) is 5. The quantitative estimate of drug-likeness (QED) is 0.597. The third-order valence-corrected chi connectivity index (χ3v) is 6.80. The van der Waals surface area contributed by atoms with Crippen molar-refractivity contribution in [1.29, 1.82) is 0 Å².